The first-order valence-electron chi connectivity index (χ1n) is 8.30. The molecule has 1 amide bonds. The second-order valence-electron chi connectivity index (χ2n) is 5.80. The number of carbonyl (C=O) groups excluding carboxylic acids is 1. The van der Waals surface area contributed by atoms with E-state index in [2.05, 4.69) is 5.32 Å². The van der Waals surface area contributed by atoms with Gasteiger partial charge >= 0.3 is 0 Å². The second kappa shape index (κ2) is 9.57. The molecule has 0 aromatic heterocycles. The van der Waals surface area contributed by atoms with Crippen molar-refractivity contribution in [2.45, 2.75) is 25.8 Å². The van der Waals surface area contributed by atoms with Gasteiger partial charge in [-0.2, -0.15) is 0 Å². The third kappa shape index (κ3) is 6.37. The zero-order valence-electron chi connectivity index (χ0n) is 15.0. The highest BCUT2D eigenvalue weighted by molar-refractivity contribution is 5.76. The summed E-state index contributed by atoms with van der Waals surface area (Å²) in [6, 6.07) is 15.1. The Labute approximate surface area is 148 Å². The highest BCUT2D eigenvalue weighted by Crippen LogP contribution is 2.17. The lowest BCUT2D eigenvalue weighted by Gasteiger charge is -2.15. The van der Waals surface area contributed by atoms with Crippen molar-refractivity contribution >= 4 is 5.91 Å². The topological polar surface area (TPSA) is 56.8 Å². The minimum atomic E-state index is -0.0644. The number of hydrogen-bond acceptors (Lipinski definition) is 4. The molecule has 0 unspecified atom stereocenters. The van der Waals surface area contributed by atoms with Crippen molar-refractivity contribution in [1.82, 2.24) is 5.32 Å². The Hall–Kier alpha value is -2.69. The maximum Gasteiger partial charge on any atom is 0.220 e. The maximum atomic E-state index is 12.0. The third-order valence-electron chi connectivity index (χ3n) is 3.77. The molecule has 5 nitrogen and oxygen atoms in total. The molecule has 1 N–H and O–H groups in total. The molecule has 0 bridgehead atoms. The van der Waals surface area contributed by atoms with Crippen LogP contribution in [0.3, 0.4) is 0 Å². The van der Waals surface area contributed by atoms with Crippen molar-refractivity contribution in [2.24, 2.45) is 0 Å². The standard InChI is InChI=1S/C20H25NO4/c1-15(14-25-19-11-9-18(24-3)10-12-19)21-20(22)13-6-16-4-7-17(23-2)8-5-16/h4-5,7-12,15H,6,13-14H2,1-3H3,(H,21,22)/t15-/m1/s1. The number of nitrogens with one attached hydrogen (secondary N) is 1. The Morgan fingerprint density at radius 3 is 2.00 bits per heavy atom. The Morgan fingerprint density at radius 2 is 1.44 bits per heavy atom. The molecule has 0 aliphatic carbocycles. The highest BCUT2D eigenvalue weighted by Gasteiger charge is 2.08. The Morgan fingerprint density at radius 1 is 0.920 bits per heavy atom. The van der Waals surface area contributed by atoms with Gasteiger partial charge in [-0.3, -0.25) is 4.79 Å². The van der Waals surface area contributed by atoms with Crippen molar-refractivity contribution in [3.63, 3.8) is 0 Å². The molecule has 5 heteroatoms. The zero-order valence-corrected chi connectivity index (χ0v) is 15.0. The quantitative estimate of drug-likeness (QED) is 0.759. The van der Waals surface area contributed by atoms with Crippen LogP contribution in [0.4, 0.5) is 0 Å². The molecular weight excluding hydrogens is 318 g/mol. The monoisotopic (exact) mass is 343 g/mol. The normalized spacial score (nSPS) is 11.5. The van der Waals surface area contributed by atoms with Crippen LogP contribution in [-0.4, -0.2) is 32.8 Å². The first-order valence-corrected chi connectivity index (χ1v) is 8.30. The predicted molar refractivity (Wildman–Crippen MR) is 97.4 cm³/mol. The molecule has 25 heavy (non-hydrogen) atoms. The molecule has 1 atom stereocenters. The van der Waals surface area contributed by atoms with Crippen LogP contribution in [0.5, 0.6) is 17.2 Å². The number of aryl methyl sites for hydroxylation is 1. The van der Waals surface area contributed by atoms with Crippen molar-refractivity contribution in [1.29, 1.82) is 0 Å². The van der Waals surface area contributed by atoms with Gasteiger partial charge in [0.2, 0.25) is 5.91 Å². The molecule has 0 radical (unpaired) electrons. The number of hydrogen-bond donors (Lipinski definition) is 1. The number of benzene rings is 2. The summed E-state index contributed by atoms with van der Waals surface area (Å²) >= 11 is 0. The van der Waals surface area contributed by atoms with Gasteiger partial charge < -0.3 is 19.5 Å². The molecule has 0 aliphatic rings. The van der Waals surface area contributed by atoms with Gasteiger partial charge in [0.25, 0.3) is 0 Å². The fraction of sp³-hybridized carbons (Fsp3) is 0.350. The molecule has 0 saturated carbocycles. The van der Waals surface area contributed by atoms with Crippen molar-refractivity contribution in [2.75, 3.05) is 20.8 Å². The summed E-state index contributed by atoms with van der Waals surface area (Å²) in [7, 11) is 3.26. The smallest absolute Gasteiger partial charge is 0.220 e. The van der Waals surface area contributed by atoms with Crippen LogP contribution in [0.15, 0.2) is 48.5 Å². The first kappa shape index (κ1) is 18.6. The van der Waals surface area contributed by atoms with E-state index in [1.165, 1.54) is 0 Å². The van der Waals surface area contributed by atoms with Crippen LogP contribution in [0.25, 0.3) is 0 Å². The molecule has 0 aliphatic heterocycles. The lowest BCUT2D eigenvalue weighted by Crippen LogP contribution is -2.36. The molecule has 134 valence electrons. The number of carbonyl (C=O) groups is 1. The van der Waals surface area contributed by atoms with Gasteiger partial charge in [-0.1, -0.05) is 12.1 Å². The highest BCUT2D eigenvalue weighted by atomic mass is 16.5. The minimum absolute atomic E-state index is 0.0154. The second-order valence-corrected chi connectivity index (χ2v) is 5.80. The van der Waals surface area contributed by atoms with Crippen molar-refractivity contribution < 1.29 is 19.0 Å². The van der Waals surface area contributed by atoms with E-state index >= 15 is 0 Å². The summed E-state index contributed by atoms with van der Waals surface area (Å²) in [4.78, 5) is 12.0. The minimum Gasteiger partial charge on any atom is -0.497 e. The summed E-state index contributed by atoms with van der Waals surface area (Å²) in [6.45, 7) is 2.34. The van der Waals surface area contributed by atoms with E-state index in [1.54, 1.807) is 14.2 Å². The van der Waals surface area contributed by atoms with Gasteiger partial charge in [0, 0.05) is 6.42 Å². The van der Waals surface area contributed by atoms with Gasteiger partial charge in [-0.25, -0.2) is 0 Å². The lowest BCUT2D eigenvalue weighted by atomic mass is 10.1. The van der Waals surface area contributed by atoms with Crippen LogP contribution in [0.2, 0.25) is 0 Å². The van der Waals surface area contributed by atoms with Gasteiger partial charge in [0.1, 0.15) is 23.9 Å². The van der Waals surface area contributed by atoms with E-state index in [0.29, 0.717) is 19.4 Å². The van der Waals surface area contributed by atoms with Gasteiger partial charge in [-0.05, 0) is 55.3 Å². The molecule has 0 spiro atoms. The molecule has 2 rings (SSSR count). The molecule has 0 fully saturated rings. The van der Waals surface area contributed by atoms with Crippen LogP contribution >= 0.6 is 0 Å². The largest absolute Gasteiger partial charge is 0.497 e. The average Bonchev–Trinajstić information content (AvgIpc) is 2.65. The van der Waals surface area contributed by atoms with Gasteiger partial charge in [0.15, 0.2) is 0 Å². The molecule has 0 saturated heterocycles. The molecule has 2 aromatic carbocycles. The third-order valence-corrected chi connectivity index (χ3v) is 3.77. The predicted octanol–water partition coefficient (Wildman–Crippen LogP) is 3.22. The Kier molecular flexibility index (Phi) is 7.14. The molecular formula is C20H25NO4. The Balaban J connectivity index is 1.69. The number of ether oxygens (including phenoxy) is 3. The van der Waals surface area contributed by atoms with Crippen molar-refractivity contribution in [3.05, 3.63) is 54.1 Å². The lowest BCUT2D eigenvalue weighted by molar-refractivity contribution is -0.121. The van der Waals surface area contributed by atoms with Gasteiger partial charge in [-0.15, -0.1) is 0 Å². The summed E-state index contributed by atoms with van der Waals surface area (Å²) < 4.78 is 15.9. The van der Waals surface area contributed by atoms with E-state index < -0.39 is 0 Å². The molecule has 2 aromatic rings. The summed E-state index contributed by atoms with van der Waals surface area (Å²) in [6.07, 6.45) is 1.14. The number of methoxy groups -OCH3 is 2. The number of rotatable bonds is 9. The fourth-order valence-corrected chi connectivity index (χ4v) is 2.33. The fourth-order valence-electron chi connectivity index (χ4n) is 2.33. The van der Waals surface area contributed by atoms with Crippen LogP contribution in [0.1, 0.15) is 18.9 Å². The van der Waals surface area contributed by atoms with Crippen LogP contribution in [-0.2, 0) is 11.2 Å². The summed E-state index contributed by atoms with van der Waals surface area (Å²) in [5.41, 5.74) is 1.11. The van der Waals surface area contributed by atoms with Crippen LogP contribution < -0.4 is 19.5 Å². The molecule has 0 heterocycles. The maximum absolute atomic E-state index is 12.0. The van der Waals surface area contributed by atoms with E-state index in [0.717, 1.165) is 22.8 Å². The van der Waals surface area contributed by atoms with Crippen LogP contribution in [0, 0.1) is 0 Å². The summed E-state index contributed by atoms with van der Waals surface area (Å²) in [5.74, 6) is 2.37. The van der Waals surface area contributed by atoms with E-state index in [4.69, 9.17) is 14.2 Å². The Bertz CT molecular complexity index is 652. The first-order chi connectivity index (χ1) is 12.1. The van der Waals surface area contributed by atoms with Crippen molar-refractivity contribution in [3.8, 4) is 17.2 Å². The summed E-state index contributed by atoms with van der Waals surface area (Å²) in [5, 5.41) is 2.95. The number of amides is 1. The zero-order chi connectivity index (χ0) is 18.1. The van der Waals surface area contributed by atoms with E-state index in [1.807, 2.05) is 55.5 Å². The van der Waals surface area contributed by atoms with E-state index in [9.17, 15) is 4.79 Å². The average molecular weight is 343 g/mol. The van der Waals surface area contributed by atoms with E-state index in [-0.39, 0.29) is 11.9 Å². The van der Waals surface area contributed by atoms with Gasteiger partial charge in [0.05, 0.1) is 20.3 Å². The SMILES string of the molecule is COc1ccc(CCC(=O)N[C@H](C)COc2ccc(OC)cc2)cc1.